The van der Waals surface area contributed by atoms with Crippen LogP contribution in [0.25, 0.3) is 21.6 Å². The minimum atomic E-state index is 0.214. The maximum Gasteiger partial charge on any atom is 0.203 e. The molecule has 3 rings (SSSR count). The second-order valence-corrected chi connectivity index (χ2v) is 5.80. The number of benzene rings is 2. The van der Waals surface area contributed by atoms with Crippen LogP contribution in [0.3, 0.4) is 0 Å². The molecule has 3 aromatic rings. The summed E-state index contributed by atoms with van der Waals surface area (Å²) in [7, 11) is 5.73. The minimum Gasteiger partial charge on any atom is -0.507 e. The summed E-state index contributed by atoms with van der Waals surface area (Å²) in [4.78, 5) is 0.913. The number of phenolic OH excluding ortho intramolecular Hbond substituents is 1. The monoisotopic (exact) mass is 375 g/mol. The van der Waals surface area contributed by atoms with Crippen molar-refractivity contribution in [3.63, 3.8) is 0 Å². The zero-order valence-corrected chi connectivity index (χ0v) is 15.8. The summed E-state index contributed by atoms with van der Waals surface area (Å²) < 4.78 is 20.5. The third kappa shape index (κ3) is 3.74. The van der Waals surface area contributed by atoms with Gasteiger partial charge in [0.25, 0.3) is 0 Å². The third-order valence-corrected chi connectivity index (χ3v) is 4.54. The van der Waals surface area contributed by atoms with Crippen LogP contribution in [0.5, 0.6) is 23.0 Å². The van der Waals surface area contributed by atoms with Crippen LogP contribution in [0, 0.1) is 0 Å². The van der Waals surface area contributed by atoms with Gasteiger partial charge >= 0.3 is 0 Å². The Labute approximate surface area is 156 Å². The summed E-state index contributed by atoms with van der Waals surface area (Å²) in [5.41, 5.74) is 2.47. The van der Waals surface area contributed by atoms with Gasteiger partial charge in [0.15, 0.2) is 11.5 Å². The highest BCUT2D eigenvalue weighted by Gasteiger charge is 2.18. The van der Waals surface area contributed by atoms with Crippen molar-refractivity contribution in [1.82, 2.24) is 4.37 Å². The number of para-hydroxylation sites is 1. The molecule has 138 valence electrons. The number of rotatable bonds is 5. The Bertz CT molecular complexity index is 838. The number of nitrogens with zero attached hydrogens (tertiary/aromatic N) is 1. The molecule has 0 aliphatic rings. The summed E-state index contributed by atoms with van der Waals surface area (Å²) >= 11 is 1.34. The molecule has 0 spiro atoms. The molecule has 1 heterocycles. The zero-order chi connectivity index (χ0) is 19.1. The highest BCUT2D eigenvalue weighted by Crippen LogP contribution is 2.45. The van der Waals surface area contributed by atoms with Gasteiger partial charge in [0.1, 0.15) is 5.75 Å². The quantitative estimate of drug-likeness (QED) is 0.706. The average Bonchev–Trinajstić information content (AvgIpc) is 3.18. The van der Waals surface area contributed by atoms with E-state index in [1.54, 1.807) is 39.7 Å². The van der Waals surface area contributed by atoms with Crippen molar-refractivity contribution in [3.8, 4) is 44.6 Å². The van der Waals surface area contributed by atoms with Crippen LogP contribution in [0.4, 0.5) is 0 Å². The van der Waals surface area contributed by atoms with Crippen LogP contribution < -0.4 is 14.2 Å². The van der Waals surface area contributed by atoms with Crippen molar-refractivity contribution in [1.29, 1.82) is 0 Å². The first-order valence-electron chi connectivity index (χ1n) is 7.67. The molecule has 7 heteroatoms. The molecule has 0 unspecified atom stereocenters. The van der Waals surface area contributed by atoms with Crippen LogP contribution in [-0.2, 0) is 0 Å². The highest BCUT2D eigenvalue weighted by molar-refractivity contribution is 7.10. The SMILES string of the molecule is CO.COc1cc(-c2sncc2-c2ccccc2O)cc(OC)c1OC. The van der Waals surface area contributed by atoms with Crippen molar-refractivity contribution in [2.24, 2.45) is 0 Å². The fourth-order valence-corrected chi connectivity index (χ4v) is 3.30. The van der Waals surface area contributed by atoms with Crippen LogP contribution in [0.2, 0.25) is 0 Å². The lowest BCUT2D eigenvalue weighted by atomic mass is 10.0. The van der Waals surface area contributed by atoms with E-state index < -0.39 is 0 Å². The molecule has 0 amide bonds. The largest absolute Gasteiger partial charge is 0.507 e. The van der Waals surface area contributed by atoms with Gasteiger partial charge in [-0.15, -0.1) is 0 Å². The van der Waals surface area contributed by atoms with Crippen molar-refractivity contribution >= 4 is 11.5 Å². The Balaban J connectivity index is 0.00000117. The van der Waals surface area contributed by atoms with E-state index in [9.17, 15) is 5.11 Å². The Morgan fingerprint density at radius 2 is 1.50 bits per heavy atom. The second kappa shape index (κ2) is 9.07. The maximum atomic E-state index is 10.1. The molecule has 0 saturated carbocycles. The predicted octanol–water partition coefficient (Wildman–Crippen LogP) is 3.82. The van der Waals surface area contributed by atoms with Gasteiger partial charge in [-0.2, -0.15) is 4.37 Å². The van der Waals surface area contributed by atoms with Gasteiger partial charge in [-0.3, -0.25) is 0 Å². The fraction of sp³-hybridized carbons (Fsp3) is 0.211. The number of hydrogen-bond acceptors (Lipinski definition) is 7. The molecule has 2 N–H and O–H groups in total. The van der Waals surface area contributed by atoms with Gasteiger partial charge in [-0.05, 0) is 29.7 Å². The Kier molecular flexibility index (Phi) is 6.82. The number of ether oxygens (including phenoxy) is 3. The summed E-state index contributed by atoms with van der Waals surface area (Å²) in [5.74, 6) is 1.90. The standard InChI is InChI=1S/C18H17NO4S.CH4O/c1-21-15-8-11(9-16(22-2)17(15)23-3)18-13(10-19-24-18)12-6-4-5-7-14(12)20;1-2/h4-10,20H,1-3H3;2H,1H3. The Morgan fingerprint density at radius 3 is 2.04 bits per heavy atom. The number of aromatic hydroxyl groups is 1. The number of hydrogen-bond donors (Lipinski definition) is 2. The molecule has 0 radical (unpaired) electrons. The predicted molar refractivity (Wildman–Crippen MR) is 102 cm³/mol. The lowest BCUT2D eigenvalue weighted by Crippen LogP contribution is -1.95. The molecular formula is C19H21NO5S. The maximum absolute atomic E-state index is 10.1. The van der Waals surface area contributed by atoms with Gasteiger partial charge in [0.2, 0.25) is 5.75 Å². The lowest BCUT2D eigenvalue weighted by Gasteiger charge is -2.14. The molecule has 0 saturated heterocycles. The number of methoxy groups -OCH3 is 3. The van der Waals surface area contributed by atoms with Crippen molar-refractivity contribution in [2.45, 2.75) is 0 Å². The van der Waals surface area contributed by atoms with Gasteiger partial charge in [0, 0.05) is 30.0 Å². The third-order valence-electron chi connectivity index (χ3n) is 3.69. The Hall–Kier alpha value is -2.77. The molecule has 2 aromatic carbocycles. The summed E-state index contributed by atoms with van der Waals surface area (Å²) in [6, 6.07) is 10.9. The first-order valence-corrected chi connectivity index (χ1v) is 8.45. The number of aliphatic hydroxyl groups is 1. The number of aliphatic hydroxyl groups excluding tert-OH is 1. The molecule has 26 heavy (non-hydrogen) atoms. The number of aromatic nitrogens is 1. The molecule has 0 aliphatic carbocycles. The van der Waals surface area contributed by atoms with Crippen molar-refractivity contribution in [3.05, 3.63) is 42.6 Å². The minimum absolute atomic E-state index is 0.214. The van der Waals surface area contributed by atoms with Crippen LogP contribution in [0.15, 0.2) is 42.6 Å². The van der Waals surface area contributed by atoms with Gasteiger partial charge in [-0.1, -0.05) is 18.2 Å². The normalized spacial score (nSPS) is 9.88. The molecule has 0 fully saturated rings. The second-order valence-electron chi connectivity index (χ2n) is 5.00. The molecule has 0 bridgehead atoms. The summed E-state index contributed by atoms with van der Waals surface area (Å²) in [5, 5.41) is 17.1. The van der Waals surface area contributed by atoms with E-state index in [1.807, 2.05) is 24.3 Å². The van der Waals surface area contributed by atoms with E-state index in [-0.39, 0.29) is 5.75 Å². The first kappa shape index (κ1) is 19.6. The summed E-state index contributed by atoms with van der Waals surface area (Å²) in [6.45, 7) is 0. The van der Waals surface area contributed by atoms with Gasteiger partial charge < -0.3 is 24.4 Å². The Morgan fingerprint density at radius 1 is 0.885 bits per heavy atom. The van der Waals surface area contributed by atoms with E-state index in [1.165, 1.54) is 11.5 Å². The topological polar surface area (TPSA) is 81.0 Å². The van der Waals surface area contributed by atoms with Gasteiger partial charge in [-0.25, -0.2) is 0 Å². The van der Waals surface area contributed by atoms with Crippen molar-refractivity contribution < 1.29 is 24.4 Å². The lowest BCUT2D eigenvalue weighted by molar-refractivity contribution is 0.324. The first-order chi connectivity index (χ1) is 12.7. The van der Waals surface area contributed by atoms with E-state index in [0.29, 0.717) is 17.2 Å². The van der Waals surface area contributed by atoms with E-state index in [0.717, 1.165) is 28.7 Å². The number of phenols is 1. The van der Waals surface area contributed by atoms with Crippen molar-refractivity contribution in [2.75, 3.05) is 28.4 Å². The van der Waals surface area contributed by atoms with Crippen LogP contribution >= 0.6 is 11.5 Å². The fourth-order valence-electron chi connectivity index (χ4n) is 2.55. The summed E-state index contributed by atoms with van der Waals surface area (Å²) in [6.07, 6.45) is 1.75. The molecule has 0 aliphatic heterocycles. The molecule has 6 nitrogen and oxygen atoms in total. The van der Waals surface area contributed by atoms with E-state index in [2.05, 4.69) is 4.37 Å². The van der Waals surface area contributed by atoms with E-state index >= 15 is 0 Å². The molecular weight excluding hydrogens is 354 g/mol. The molecule has 1 aromatic heterocycles. The average molecular weight is 375 g/mol. The molecule has 0 atom stereocenters. The smallest absolute Gasteiger partial charge is 0.203 e. The highest BCUT2D eigenvalue weighted by atomic mass is 32.1. The zero-order valence-electron chi connectivity index (χ0n) is 15.0. The van der Waals surface area contributed by atoms with E-state index in [4.69, 9.17) is 19.3 Å². The van der Waals surface area contributed by atoms with Crippen LogP contribution in [0.1, 0.15) is 0 Å². The van der Waals surface area contributed by atoms with Gasteiger partial charge in [0.05, 0.1) is 26.2 Å². The van der Waals surface area contributed by atoms with Crippen LogP contribution in [-0.4, -0.2) is 43.0 Å².